The van der Waals surface area contributed by atoms with Gasteiger partial charge in [0.05, 0.1) is 19.9 Å². The van der Waals surface area contributed by atoms with Crippen molar-refractivity contribution < 1.29 is 14.3 Å². The number of methoxy groups -OCH3 is 2. The van der Waals surface area contributed by atoms with E-state index in [2.05, 4.69) is 10.6 Å². The zero-order valence-electron chi connectivity index (χ0n) is 14.2. The molecule has 0 saturated carbocycles. The van der Waals surface area contributed by atoms with Crippen molar-refractivity contribution in [3.63, 3.8) is 0 Å². The molecule has 0 aliphatic rings. The van der Waals surface area contributed by atoms with E-state index in [4.69, 9.17) is 20.0 Å². The second-order valence-electron chi connectivity index (χ2n) is 5.02. The van der Waals surface area contributed by atoms with Crippen LogP contribution in [0.5, 0.6) is 11.5 Å². The van der Waals surface area contributed by atoms with Gasteiger partial charge >= 0.3 is 0 Å². The summed E-state index contributed by atoms with van der Waals surface area (Å²) in [6.07, 6.45) is 1.30. The number of hydrogen-bond donors (Lipinski definition) is 2. The minimum Gasteiger partial charge on any atom is -0.497 e. The number of nitrogens with one attached hydrogen (secondary N) is 2. The molecule has 0 aromatic heterocycles. The maximum absolute atomic E-state index is 12.4. The maximum atomic E-state index is 12.4. The Morgan fingerprint density at radius 1 is 1.04 bits per heavy atom. The number of allylic oxidation sites excluding steroid dienone is 1. The number of rotatable bonds is 6. The first-order chi connectivity index (χ1) is 12.6. The van der Waals surface area contributed by atoms with Crippen LogP contribution in [0, 0.1) is 22.7 Å². The molecule has 7 nitrogen and oxygen atoms in total. The molecule has 2 rings (SSSR count). The minimum absolute atomic E-state index is 0.0548. The standard InChI is InChI=1S/C19H16N4O3/c1-25-16-6-3-14(4-7-16)19(24)23-17-8-5-15(9-18(17)26-2)22-12-13(10-20)11-21/h3-9,12,22H,1-2H3,(H,23,24). The van der Waals surface area contributed by atoms with Gasteiger partial charge in [-0.25, -0.2) is 0 Å². The molecule has 2 aromatic carbocycles. The van der Waals surface area contributed by atoms with E-state index >= 15 is 0 Å². The Balaban J connectivity index is 2.16. The van der Waals surface area contributed by atoms with Crippen molar-refractivity contribution in [2.45, 2.75) is 0 Å². The average Bonchev–Trinajstić information content (AvgIpc) is 2.69. The van der Waals surface area contributed by atoms with Gasteiger partial charge in [0.25, 0.3) is 5.91 Å². The van der Waals surface area contributed by atoms with E-state index in [-0.39, 0.29) is 11.5 Å². The number of ether oxygens (including phenoxy) is 2. The van der Waals surface area contributed by atoms with Crippen LogP contribution in [0.4, 0.5) is 11.4 Å². The third-order valence-corrected chi connectivity index (χ3v) is 3.43. The normalized spacial score (nSPS) is 9.23. The number of carbonyl (C=O) groups excluding carboxylic acids is 1. The molecule has 2 N–H and O–H groups in total. The minimum atomic E-state index is -0.289. The number of nitriles is 2. The Kier molecular flexibility index (Phi) is 6.19. The smallest absolute Gasteiger partial charge is 0.255 e. The van der Waals surface area contributed by atoms with E-state index in [1.165, 1.54) is 13.3 Å². The molecule has 26 heavy (non-hydrogen) atoms. The number of anilines is 2. The summed E-state index contributed by atoms with van der Waals surface area (Å²) in [5.74, 6) is 0.806. The molecular weight excluding hydrogens is 332 g/mol. The molecule has 0 atom stereocenters. The Hall–Kier alpha value is -3.97. The van der Waals surface area contributed by atoms with Crippen LogP contribution >= 0.6 is 0 Å². The van der Waals surface area contributed by atoms with Gasteiger partial charge in [0.1, 0.15) is 29.2 Å². The van der Waals surface area contributed by atoms with Gasteiger partial charge in [-0.2, -0.15) is 10.5 Å². The SMILES string of the molecule is COc1ccc(C(=O)Nc2ccc(NC=C(C#N)C#N)cc2OC)cc1. The fraction of sp³-hybridized carbons (Fsp3) is 0.105. The molecule has 0 unspecified atom stereocenters. The first-order valence-corrected chi connectivity index (χ1v) is 7.51. The molecule has 0 aliphatic carbocycles. The Bertz CT molecular complexity index is 890. The first-order valence-electron chi connectivity index (χ1n) is 7.51. The van der Waals surface area contributed by atoms with Crippen molar-refractivity contribution in [1.29, 1.82) is 10.5 Å². The third kappa shape index (κ3) is 4.53. The number of nitrogens with zero attached hydrogens (tertiary/aromatic N) is 2. The topological polar surface area (TPSA) is 107 Å². The van der Waals surface area contributed by atoms with E-state index in [0.29, 0.717) is 28.4 Å². The summed E-state index contributed by atoms with van der Waals surface area (Å²) in [4.78, 5) is 12.4. The molecular formula is C19H16N4O3. The van der Waals surface area contributed by atoms with Crippen LogP contribution < -0.4 is 20.1 Å². The van der Waals surface area contributed by atoms with Gasteiger partial charge in [-0.1, -0.05) is 0 Å². The summed E-state index contributed by atoms with van der Waals surface area (Å²) < 4.78 is 10.4. The van der Waals surface area contributed by atoms with E-state index in [1.807, 2.05) is 0 Å². The van der Waals surface area contributed by atoms with E-state index in [1.54, 1.807) is 61.7 Å². The Labute approximate surface area is 151 Å². The molecule has 0 saturated heterocycles. The van der Waals surface area contributed by atoms with Crippen LogP contribution in [0.2, 0.25) is 0 Å². The molecule has 7 heteroatoms. The Morgan fingerprint density at radius 3 is 2.31 bits per heavy atom. The summed E-state index contributed by atoms with van der Waals surface area (Å²) >= 11 is 0. The van der Waals surface area contributed by atoms with Crippen LogP contribution in [-0.2, 0) is 0 Å². The molecule has 1 amide bonds. The molecule has 0 spiro atoms. The van der Waals surface area contributed by atoms with E-state index in [9.17, 15) is 4.79 Å². The first kappa shape index (κ1) is 18.4. The number of carbonyl (C=O) groups is 1. The molecule has 2 aromatic rings. The quantitative estimate of drug-likeness (QED) is 0.776. The molecule has 0 fully saturated rings. The van der Waals surface area contributed by atoms with Crippen LogP contribution in [0.25, 0.3) is 0 Å². The highest BCUT2D eigenvalue weighted by atomic mass is 16.5. The summed E-state index contributed by atoms with van der Waals surface area (Å²) in [6, 6.07) is 15.2. The fourth-order valence-electron chi connectivity index (χ4n) is 2.07. The predicted molar refractivity (Wildman–Crippen MR) is 96.9 cm³/mol. The summed E-state index contributed by atoms with van der Waals surface area (Å²) in [6.45, 7) is 0. The lowest BCUT2D eigenvalue weighted by Crippen LogP contribution is -2.12. The van der Waals surface area contributed by atoms with Crippen molar-refractivity contribution in [2.24, 2.45) is 0 Å². The van der Waals surface area contributed by atoms with Crippen molar-refractivity contribution in [3.05, 3.63) is 59.8 Å². The fourth-order valence-corrected chi connectivity index (χ4v) is 2.07. The highest BCUT2D eigenvalue weighted by Gasteiger charge is 2.10. The summed E-state index contributed by atoms with van der Waals surface area (Å²) in [5, 5.41) is 23.1. The highest BCUT2D eigenvalue weighted by molar-refractivity contribution is 6.05. The van der Waals surface area contributed by atoms with Gasteiger partial charge in [-0.15, -0.1) is 0 Å². The van der Waals surface area contributed by atoms with Crippen LogP contribution in [-0.4, -0.2) is 20.1 Å². The van der Waals surface area contributed by atoms with Crippen LogP contribution in [0.3, 0.4) is 0 Å². The van der Waals surface area contributed by atoms with Gasteiger partial charge in [0.15, 0.2) is 0 Å². The molecule has 130 valence electrons. The second-order valence-corrected chi connectivity index (χ2v) is 5.02. The number of hydrogen-bond acceptors (Lipinski definition) is 6. The zero-order valence-corrected chi connectivity index (χ0v) is 14.2. The highest BCUT2D eigenvalue weighted by Crippen LogP contribution is 2.28. The monoisotopic (exact) mass is 348 g/mol. The van der Waals surface area contributed by atoms with Gasteiger partial charge in [-0.05, 0) is 36.4 Å². The lowest BCUT2D eigenvalue weighted by Gasteiger charge is -2.12. The number of amides is 1. The molecule has 0 radical (unpaired) electrons. The molecule has 0 bridgehead atoms. The predicted octanol–water partition coefficient (Wildman–Crippen LogP) is 3.30. The summed E-state index contributed by atoms with van der Waals surface area (Å²) in [7, 11) is 3.04. The molecule has 0 heterocycles. The Morgan fingerprint density at radius 2 is 1.73 bits per heavy atom. The lowest BCUT2D eigenvalue weighted by molar-refractivity contribution is 0.102. The zero-order chi connectivity index (χ0) is 18.9. The van der Waals surface area contributed by atoms with E-state index in [0.717, 1.165) is 0 Å². The average molecular weight is 348 g/mol. The van der Waals surface area contributed by atoms with E-state index < -0.39 is 0 Å². The van der Waals surface area contributed by atoms with Crippen LogP contribution in [0.1, 0.15) is 10.4 Å². The van der Waals surface area contributed by atoms with Gasteiger partial charge in [0.2, 0.25) is 0 Å². The third-order valence-electron chi connectivity index (χ3n) is 3.43. The van der Waals surface area contributed by atoms with Crippen molar-refractivity contribution in [3.8, 4) is 23.6 Å². The maximum Gasteiger partial charge on any atom is 0.255 e. The van der Waals surface area contributed by atoms with Crippen molar-refractivity contribution >= 4 is 17.3 Å². The van der Waals surface area contributed by atoms with Gasteiger partial charge in [0, 0.05) is 23.5 Å². The van der Waals surface area contributed by atoms with Crippen molar-refractivity contribution in [1.82, 2.24) is 0 Å². The van der Waals surface area contributed by atoms with Crippen molar-refractivity contribution in [2.75, 3.05) is 24.9 Å². The summed E-state index contributed by atoms with van der Waals surface area (Å²) in [5.41, 5.74) is 1.52. The second kappa shape index (κ2) is 8.76. The largest absolute Gasteiger partial charge is 0.497 e. The molecule has 0 aliphatic heterocycles. The lowest BCUT2D eigenvalue weighted by atomic mass is 10.2. The van der Waals surface area contributed by atoms with Gasteiger partial charge < -0.3 is 20.1 Å². The van der Waals surface area contributed by atoms with Gasteiger partial charge in [-0.3, -0.25) is 4.79 Å². The van der Waals surface area contributed by atoms with Crippen LogP contribution in [0.15, 0.2) is 54.2 Å². The number of benzene rings is 2.